The van der Waals surface area contributed by atoms with Gasteiger partial charge in [0.1, 0.15) is 37.0 Å². The lowest BCUT2D eigenvalue weighted by molar-refractivity contribution is 0.541. The lowest BCUT2D eigenvalue weighted by atomic mass is 9.88. The molecule has 0 N–H and O–H groups in total. The monoisotopic (exact) mass is 1660 g/mol. The molecule has 10 aromatic heterocycles. The predicted molar refractivity (Wildman–Crippen MR) is 525 cm³/mol. The van der Waals surface area contributed by atoms with E-state index >= 15 is 0 Å². The van der Waals surface area contributed by atoms with Gasteiger partial charge in [-0.3, -0.25) is 24.9 Å². The van der Waals surface area contributed by atoms with Gasteiger partial charge in [-0.1, -0.05) is 358 Å². The molecule has 0 unspecified atom stereocenters. The molecule has 0 bridgehead atoms. The van der Waals surface area contributed by atoms with Crippen LogP contribution in [0.3, 0.4) is 0 Å². The first-order chi connectivity index (χ1) is 56.1. The second kappa shape index (κ2) is 76.1. The molecule has 0 amide bonds. The normalized spacial score (nSPS) is 10.1. The molecule has 0 aliphatic carbocycles. The third-order valence-electron chi connectivity index (χ3n) is 13.8. The Morgan fingerprint density at radius 3 is 0.775 bits per heavy atom. The van der Waals surface area contributed by atoms with Crippen molar-refractivity contribution in [2.45, 2.75) is 400 Å². The fraction of sp³-hybridized carbons (Fsp3) is 0.588. The van der Waals surface area contributed by atoms with E-state index in [2.05, 4.69) is 322 Å². The number of nitrogens with zero attached hydrogens (tertiary/aromatic N) is 18. The summed E-state index contributed by atoms with van der Waals surface area (Å²) < 4.78 is 0. The standard InChI is InChI=1S/3C9H13N.6C8H12N2.C7H11N3.10C2H6/c1-9(2,3)8-4-6-10-7-5-8;1-9(2,3)8-5-4-6-10-7-8;1-9(2,3)8-6-4-5-7-10-8;1-8(2,3)7-4-9-6-10-5-7;1-8(2,3)7-6-9-4-5-10-7;1-8(2,3)7-4-5-9-6-10-7;1-8(2,3)7-4-5-9-10-6-7;1-8(2,3)7-9-5-4-6-10-7;1-8(2,3)7-5-4-6-9-10-7;1-7(2,3)6-9-4-8-5-10-6;10*1-2/h3*4-7H,1-3H3;6*4-6H,1-3H3;4-5H,1-3H3;10*1-2H3. The molecule has 0 aliphatic rings. The molecule has 18 heteroatoms. The lowest BCUT2D eigenvalue weighted by Gasteiger charge is -2.17. The quantitative estimate of drug-likeness (QED) is 0.137. The van der Waals surface area contributed by atoms with Gasteiger partial charge in [0.05, 0.1) is 17.6 Å². The summed E-state index contributed by atoms with van der Waals surface area (Å²) in [6.07, 6.45) is 34.9. The fourth-order valence-corrected chi connectivity index (χ4v) is 7.32. The highest BCUT2D eigenvalue weighted by molar-refractivity contribution is 5.21. The zero-order chi connectivity index (χ0) is 96.1. The molecule has 10 rings (SSSR count). The Hall–Kier alpha value is -9.06. The van der Waals surface area contributed by atoms with Crippen molar-refractivity contribution < 1.29 is 0 Å². The molecule has 10 aromatic rings. The Kier molecular flexibility index (Phi) is 83.5. The predicted octanol–water partition coefficient (Wildman–Crippen LogP) is 29.2. The van der Waals surface area contributed by atoms with Crippen LogP contribution >= 0.6 is 0 Å². The van der Waals surface area contributed by atoms with Crippen LogP contribution in [-0.4, -0.2) is 90.2 Å². The van der Waals surface area contributed by atoms with Crippen LogP contribution < -0.4 is 0 Å². The van der Waals surface area contributed by atoms with Gasteiger partial charge in [-0.25, -0.2) is 44.9 Å². The van der Waals surface area contributed by atoms with Gasteiger partial charge >= 0.3 is 0 Å². The summed E-state index contributed by atoms with van der Waals surface area (Å²) in [5.41, 5.74) is 10.8. The summed E-state index contributed by atoms with van der Waals surface area (Å²) in [6, 6.07) is 23.9. The molecule has 10 heterocycles. The van der Waals surface area contributed by atoms with Crippen molar-refractivity contribution >= 4 is 0 Å². The minimum atomic E-state index is 0.0307. The first kappa shape index (κ1) is 132. The zero-order valence-corrected chi connectivity index (χ0v) is 86.5. The largest absolute Gasteiger partial charge is 0.265 e. The topological polar surface area (TPSA) is 232 Å². The van der Waals surface area contributed by atoms with Crippen LogP contribution in [0.4, 0.5) is 0 Å². The van der Waals surface area contributed by atoms with Crippen LogP contribution in [0.5, 0.6) is 0 Å². The second-order valence-corrected chi connectivity index (χ2v) is 33.8. The average molecular weight is 1660 g/mol. The SMILES string of the molecule is CC.CC.CC.CC.CC.CC.CC.CC.CC.CC.CC(C)(C)c1ccccn1.CC(C)(C)c1cccnc1.CC(C)(C)c1cccnn1.CC(C)(C)c1ccncc1.CC(C)(C)c1ccncn1.CC(C)(C)c1ccnnc1.CC(C)(C)c1cnccn1.CC(C)(C)c1cncnc1.CC(C)(C)c1ncccn1.CC(C)(C)c1ncncn1. The van der Waals surface area contributed by atoms with E-state index in [9.17, 15) is 0 Å². The number of pyridine rings is 3. The van der Waals surface area contributed by atoms with Crippen LogP contribution in [0.25, 0.3) is 0 Å². The van der Waals surface area contributed by atoms with Gasteiger partial charge in [0.25, 0.3) is 0 Å². The van der Waals surface area contributed by atoms with E-state index in [1.165, 1.54) is 34.9 Å². The molecule has 0 saturated heterocycles. The molecule has 0 atom stereocenters. The Labute approximate surface area is 740 Å². The Balaban J connectivity index is -0.000000137. The molecule has 0 radical (unpaired) electrons. The van der Waals surface area contributed by atoms with Crippen LogP contribution in [0.15, 0.2) is 197 Å². The summed E-state index contributed by atoms with van der Waals surface area (Å²) in [6.45, 7) is 104. The smallest absolute Gasteiger partial charge is 0.137 e. The molecule has 0 saturated carbocycles. The van der Waals surface area contributed by atoms with Crippen molar-refractivity contribution in [3.63, 3.8) is 0 Å². The van der Waals surface area contributed by atoms with E-state index in [1.807, 2.05) is 224 Å². The number of hydrogen-bond acceptors (Lipinski definition) is 18. The van der Waals surface area contributed by atoms with Crippen LogP contribution in [-0.2, 0) is 54.1 Å². The minimum Gasteiger partial charge on any atom is -0.265 e. The number of rotatable bonds is 0. The molecule has 120 heavy (non-hydrogen) atoms. The fourth-order valence-electron chi connectivity index (χ4n) is 7.32. The minimum absolute atomic E-state index is 0.0307. The van der Waals surface area contributed by atoms with Crippen molar-refractivity contribution in [3.8, 4) is 0 Å². The van der Waals surface area contributed by atoms with Crippen LogP contribution in [0.1, 0.15) is 403 Å². The van der Waals surface area contributed by atoms with Crippen LogP contribution in [0.2, 0.25) is 0 Å². The van der Waals surface area contributed by atoms with E-state index in [0.717, 1.165) is 34.4 Å². The molecule has 0 spiro atoms. The summed E-state index contributed by atoms with van der Waals surface area (Å²) in [5, 5.41) is 15.3. The number of aromatic nitrogens is 18. The van der Waals surface area contributed by atoms with Gasteiger partial charge in [0, 0.05) is 137 Å². The Morgan fingerprint density at radius 2 is 0.525 bits per heavy atom. The Morgan fingerprint density at radius 1 is 0.167 bits per heavy atom. The molecule has 680 valence electrons. The highest BCUT2D eigenvalue weighted by Gasteiger charge is 2.20. The lowest BCUT2D eigenvalue weighted by Crippen LogP contribution is -2.15. The molecular weight excluding hydrogens is 1480 g/mol. The number of hydrogen-bond donors (Lipinski definition) is 0. The van der Waals surface area contributed by atoms with E-state index in [1.54, 1.807) is 74.6 Å². The van der Waals surface area contributed by atoms with Gasteiger partial charge in [0.15, 0.2) is 0 Å². The van der Waals surface area contributed by atoms with Gasteiger partial charge in [-0.15, -0.1) is 0 Å². The van der Waals surface area contributed by atoms with Gasteiger partial charge < -0.3 is 0 Å². The third-order valence-corrected chi connectivity index (χ3v) is 13.8. The first-order valence-electron chi connectivity index (χ1n) is 44.0. The maximum atomic E-state index is 4.25. The van der Waals surface area contributed by atoms with E-state index in [-0.39, 0.29) is 54.1 Å². The van der Waals surface area contributed by atoms with Gasteiger partial charge in [-0.2, -0.15) is 20.4 Å². The van der Waals surface area contributed by atoms with E-state index in [0.29, 0.717) is 0 Å². The molecule has 0 aliphatic heterocycles. The van der Waals surface area contributed by atoms with Crippen LogP contribution in [0, 0.1) is 0 Å². The van der Waals surface area contributed by atoms with E-state index in [4.69, 9.17) is 0 Å². The van der Waals surface area contributed by atoms with Crippen molar-refractivity contribution in [2.75, 3.05) is 0 Å². The van der Waals surface area contributed by atoms with E-state index < -0.39 is 0 Å². The second-order valence-electron chi connectivity index (χ2n) is 33.8. The molecular formula is C102H182N18. The first-order valence-corrected chi connectivity index (χ1v) is 44.0. The maximum Gasteiger partial charge on any atom is 0.137 e. The Bertz CT molecular complexity index is 2810. The van der Waals surface area contributed by atoms with Crippen molar-refractivity contribution in [1.82, 2.24) is 90.2 Å². The van der Waals surface area contributed by atoms with Crippen molar-refractivity contribution in [2.24, 2.45) is 0 Å². The maximum absolute atomic E-state index is 4.25. The highest BCUT2D eigenvalue weighted by Crippen LogP contribution is 2.25. The van der Waals surface area contributed by atoms with Gasteiger partial charge in [0.2, 0.25) is 0 Å². The van der Waals surface area contributed by atoms with Crippen molar-refractivity contribution in [1.29, 1.82) is 0 Å². The summed E-state index contributed by atoms with van der Waals surface area (Å²) >= 11 is 0. The third kappa shape index (κ3) is 74.0. The molecule has 18 nitrogen and oxygen atoms in total. The summed E-state index contributed by atoms with van der Waals surface area (Å²) in [4.78, 5) is 56.4. The van der Waals surface area contributed by atoms with Crippen molar-refractivity contribution in [3.05, 3.63) is 254 Å². The summed E-state index contributed by atoms with van der Waals surface area (Å²) in [5.74, 6) is 1.73. The van der Waals surface area contributed by atoms with Gasteiger partial charge in [-0.05, 0) is 105 Å². The highest BCUT2D eigenvalue weighted by atomic mass is 15.1. The average Bonchev–Trinajstić information content (AvgIpc) is 0.970. The zero-order valence-electron chi connectivity index (χ0n) is 86.5. The molecule has 0 fully saturated rings. The molecule has 0 aromatic carbocycles. The summed E-state index contributed by atoms with van der Waals surface area (Å²) in [7, 11) is 0.